The Hall–Kier alpha value is -5.41. The van der Waals surface area contributed by atoms with E-state index in [1.807, 2.05) is 23.1 Å². The molecule has 2 atom stereocenters. The molecule has 1 saturated carbocycles. The summed E-state index contributed by atoms with van der Waals surface area (Å²) in [7, 11) is 0. The lowest BCUT2D eigenvalue weighted by Gasteiger charge is -2.31. The lowest BCUT2D eigenvalue weighted by atomic mass is 9.98. The number of nitrogens with two attached hydrogens (primary N) is 1. The number of nitrogen functional groups attached to an aromatic ring is 1. The van der Waals surface area contributed by atoms with Crippen molar-refractivity contribution in [3.8, 4) is 11.5 Å². The maximum atomic E-state index is 11.3. The van der Waals surface area contributed by atoms with E-state index in [0.29, 0.717) is 49.3 Å². The standard InChI is InChI=1S/C19H20N6O2.C11H14N4O4/c26-19(27)12-2-1-9-25(10-12)15-6-5-13-18(23-15)24-17(22-13)14-7-8-20-16(21-14)11-3-4-11;12-10-8(15(18)19)3-4-9(13-10)14-5-1-2-7(6-14)11(16)17/h5-8,11-12H,1-4,9-10H2,(H,26,27)(H,22,23,24);3-4,7H,1-2,5-6H2,(H2,12,13)(H,16,17)/t12-;7-/m11/s1. The molecule has 0 aromatic carbocycles. The summed E-state index contributed by atoms with van der Waals surface area (Å²) < 4.78 is 0. The third-order valence-electron chi connectivity index (χ3n) is 8.46. The first kappa shape index (κ1) is 30.6. The number of aromatic amines is 1. The summed E-state index contributed by atoms with van der Waals surface area (Å²) in [6.45, 7) is 2.33. The number of fused-ring (bicyclic) bond motifs is 1. The van der Waals surface area contributed by atoms with Crippen LogP contribution in [0.25, 0.3) is 22.7 Å². The fourth-order valence-electron chi connectivity index (χ4n) is 5.78. The van der Waals surface area contributed by atoms with Crippen LogP contribution in [-0.4, -0.2) is 83.2 Å². The molecular formula is C30H34N10O6. The minimum atomic E-state index is -0.834. The summed E-state index contributed by atoms with van der Waals surface area (Å²) in [5, 5.41) is 29.0. The molecule has 240 valence electrons. The van der Waals surface area contributed by atoms with Crippen LogP contribution in [0, 0.1) is 22.0 Å². The highest BCUT2D eigenvalue weighted by molar-refractivity contribution is 5.77. The minimum Gasteiger partial charge on any atom is -0.481 e. The largest absolute Gasteiger partial charge is 0.481 e. The first-order valence-corrected chi connectivity index (χ1v) is 15.2. The van der Waals surface area contributed by atoms with Crippen LogP contribution in [-0.2, 0) is 9.59 Å². The third kappa shape index (κ3) is 6.79. The van der Waals surface area contributed by atoms with Gasteiger partial charge in [-0.3, -0.25) is 19.7 Å². The number of pyridine rings is 2. The van der Waals surface area contributed by atoms with Crippen molar-refractivity contribution in [1.29, 1.82) is 0 Å². The Bertz CT molecular complexity index is 1780. The molecular weight excluding hydrogens is 596 g/mol. The fourth-order valence-corrected chi connectivity index (χ4v) is 5.78. The normalized spacial score (nSPS) is 19.7. The van der Waals surface area contributed by atoms with Crippen LogP contribution in [0.15, 0.2) is 36.5 Å². The van der Waals surface area contributed by atoms with Gasteiger partial charge in [0.2, 0.25) is 5.82 Å². The average Bonchev–Trinajstić information content (AvgIpc) is 3.83. The monoisotopic (exact) mass is 630 g/mol. The number of hydrogen-bond acceptors (Lipinski definition) is 12. The summed E-state index contributed by atoms with van der Waals surface area (Å²) in [6, 6.07) is 8.51. The van der Waals surface area contributed by atoms with Crippen LogP contribution in [0.5, 0.6) is 0 Å². The van der Waals surface area contributed by atoms with Crippen LogP contribution in [0.2, 0.25) is 0 Å². The van der Waals surface area contributed by atoms with Gasteiger partial charge >= 0.3 is 17.6 Å². The molecule has 4 aromatic rings. The number of H-pyrrole nitrogens is 1. The van der Waals surface area contributed by atoms with Gasteiger partial charge in [0.15, 0.2) is 11.5 Å². The number of imidazole rings is 1. The number of carboxylic acids is 2. The van der Waals surface area contributed by atoms with E-state index < -0.39 is 22.8 Å². The second-order valence-electron chi connectivity index (χ2n) is 11.8. The van der Waals surface area contributed by atoms with Gasteiger partial charge < -0.3 is 30.7 Å². The Morgan fingerprint density at radius 1 is 0.870 bits per heavy atom. The number of carboxylic acid groups (broad SMARTS) is 2. The van der Waals surface area contributed by atoms with Gasteiger partial charge in [0.25, 0.3) is 0 Å². The lowest BCUT2D eigenvalue weighted by molar-refractivity contribution is -0.384. The van der Waals surface area contributed by atoms with E-state index in [1.54, 1.807) is 11.1 Å². The topological polar surface area (TPSA) is 230 Å². The molecule has 3 fully saturated rings. The van der Waals surface area contributed by atoms with Gasteiger partial charge in [0.1, 0.15) is 23.2 Å². The van der Waals surface area contributed by atoms with Crippen molar-refractivity contribution in [3.05, 3.63) is 52.5 Å². The quantitative estimate of drug-likeness (QED) is 0.169. The Balaban J connectivity index is 0.000000173. The zero-order chi connectivity index (χ0) is 32.4. The molecule has 7 rings (SSSR count). The maximum Gasteiger partial charge on any atom is 0.311 e. The van der Waals surface area contributed by atoms with Crippen molar-refractivity contribution in [2.45, 2.75) is 44.4 Å². The number of rotatable bonds is 7. The van der Waals surface area contributed by atoms with Crippen LogP contribution in [0.4, 0.5) is 23.1 Å². The first-order valence-electron chi connectivity index (χ1n) is 15.2. The van der Waals surface area contributed by atoms with E-state index in [0.717, 1.165) is 61.5 Å². The molecule has 2 saturated heterocycles. The number of carbonyl (C=O) groups is 2. The predicted octanol–water partition coefficient (Wildman–Crippen LogP) is 3.47. The van der Waals surface area contributed by atoms with Crippen molar-refractivity contribution >= 4 is 46.2 Å². The predicted molar refractivity (Wildman–Crippen MR) is 167 cm³/mol. The summed E-state index contributed by atoms with van der Waals surface area (Å²) in [5.74, 6) is 0.801. The van der Waals surface area contributed by atoms with Crippen molar-refractivity contribution in [2.75, 3.05) is 41.7 Å². The molecule has 4 aromatic heterocycles. The van der Waals surface area contributed by atoms with Crippen LogP contribution < -0.4 is 15.5 Å². The average molecular weight is 631 g/mol. The van der Waals surface area contributed by atoms with Crippen LogP contribution >= 0.6 is 0 Å². The van der Waals surface area contributed by atoms with Gasteiger partial charge in [-0.15, -0.1) is 0 Å². The van der Waals surface area contributed by atoms with Gasteiger partial charge in [-0.25, -0.2) is 24.9 Å². The highest BCUT2D eigenvalue weighted by atomic mass is 16.6. The zero-order valence-corrected chi connectivity index (χ0v) is 24.9. The molecule has 5 N–H and O–H groups in total. The molecule has 0 spiro atoms. The molecule has 0 amide bonds. The number of nitrogens with one attached hydrogen (secondary N) is 1. The van der Waals surface area contributed by atoms with Gasteiger partial charge in [0, 0.05) is 44.4 Å². The Kier molecular flexibility index (Phi) is 8.59. The number of aromatic nitrogens is 6. The number of nitrogens with zero attached hydrogens (tertiary/aromatic N) is 8. The van der Waals surface area contributed by atoms with E-state index in [9.17, 15) is 24.8 Å². The number of hydrogen-bond donors (Lipinski definition) is 4. The van der Waals surface area contributed by atoms with E-state index in [2.05, 4.69) is 29.9 Å². The molecule has 0 unspecified atom stereocenters. The summed E-state index contributed by atoms with van der Waals surface area (Å²) >= 11 is 0. The lowest BCUT2D eigenvalue weighted by Crippen LogP contribution is -2.39. The Morgan fingerprint density at radius 3 is 2.09 bits per heavy atom. The minimum absolute atomic E-state index is 0.153. The van der Waals surface area contributed by atoms with Gasteiger partial charge in [-0.2, -0.15) is 0 Å². The summed E-state index contributed by atoms with van der Waals surface area (Å²) in [6.07, 6.45) is 7.04. The molecule has 3 aliphatic rings. The highest BCUT2D eigenvalue weighted by Crippen LogP contribution is 2.38. The van der Waals surface area contributed by atoms with Crippen molar-refractivity contribution < 1.29 is 24.7 Å². The van der Waals surface area contributed by atoms with E-state index in [-0.39, 0.29) is 17.4 Å². The second kappa shape index (κ2) is 12.9. The zero-order valence-electron chi connectivity index (χ0n) is 24.9. The molecule has 0 radical (unpaired) electrons. The van der Waals surface area contributed by atoms with Gasteiger partial charge in [-0.05, 0) is 62.8 Å². The molecule has 0 bridgehead atoms. The smallest absolute Gasteiger partial charge is 0.311 e. The van der Waals surface area contributed by atoms with Gasteiger partial charge in [-0.1, -0.05) is 0 Å². The fraction of sp³-hybridized carbons (Fsp3) is 0.433. The Morgan fingerprint density at radius 2 is 1.50 bits per heavy atom. The molecule has 16 heteroatoms. The van der Waals surface area contributed by atoms with E-state index >= 15 is 0 Å². The van der Waals surface area contributed by atoms with Crippen molar-refractivity contribution in [3.63, 3.8) is 0 Å². The summed E-state index contributed by atoms with van der Waals surface area (Å²) in [4.78, 5) is 61.7. The first-order chi connectivity index (χ1) is 22.2. The summed E-state index contributed by atoms with van der Waals surface area (Å²) in [5.41, 5.74) is 7.52. The number of nitro groups is 1. The molecule has 1 aliphatic carbocycles. The number of aliphatic carboxylic acids is 2. The number of piperidine rings is 2. The van der Waals surface area contributed by atoms with Crippen molar-refractivity contribution in [2.24, 2.45) is 11.8 Å². The Labute approximate surface area is 262 Å². The molecule has 6 heterocycles. The molecule has 16 nitrogen and oxygen atoms in total. The van der Waals surface area contributed by atoms with Gasteiger partial charge in [0.05, 0.1) is 22.3 Å². The van der Waals surface area contributed by atoms with Crippen molar-refractivity contribution in [1.82, 2.24) is 29.9 Å². The molecule has 2 aliphatic heterocycles. The highest BCUT2D eigenvalue weighted by Gasteiger charge is 2.29. The van der Waals surface area contributed by atoms with E-state index in [4.69, 9.17) is 10.8 Å². The SMILES string of the molecule is Nc1nc(N2CCC[C@@H](C(=O)O)C2)ccc1[N+](=O)[O-].O=C(O)[C@@H]1CCCN(c2ccc3[nH]c(-c4ccnc(C5CC5)n4)nc3n2)C1. The second-order valence-corrected chi connectivity index (χ2v) is 11.8. The van der Waals surface area contributed by atoms with E-state index in [1.165, 1.54) is 12.1 Å². The van der Waals surface area contributed by atoms with Crippen LogP contribution in [0.1, 0.15) is 50.3 Å². The maximum absolute atomic E-state index is 11.3. The number of anilines is 3. The molecule has 46 heavy (non-hydrogen) atoms. The third-order valence-corrected chi connectivity index (χ3v) is 8.46. The van der Waals surface area contributed by atoms with Crippen LogP contribution in [0.3, 0.4) is 0 Å².